The summed E-state index contributed by atoms with van der Waals surface area (Å²) < 4.78 is 28.4. The van der Waals surface area contributed by atoms with Gasteiger partial charge >= 0.3 is 0 Å². The highest BCUT2D eigenvalue weighted by Gasteiger charge is 2.26. The highest BCUT2D eigenvalue weighted by atomic mass is 127. The Bertz CT molecular complexity index is 816. The van der Waals surface area contributed by atoms with Gasteiger partial charge in [-0.1, -0.05) is 38.1 Å². The molecule has 0 aliphatic carbocycles. The predicted molar refractivity (Wildman–Crippen MR) is 103 cm³/mol. The van der Waals surface area contributed by atoms with Crippen LogP contribution < -0.4 is 10.5 Å². The average molecular weight is 458 g/mol. The molecule has 128 valence electrons. The predicted octanol–water partition coefficient (Wildman–Crippen LogP) is 2.75. The van der Waals surface area contributed by atoms with Crippen LogP contribution in [0.15, 0.2) is 53.4 Å². The van der Waals surface area contributed by atoms with E-state index in [1.165, 1.54) is 12.1 Å². The van der Waals surface area contributed by atoms with Gasteiger partial charge in [0.25, 0.3) is 0 Å². The van der Waals surface area contributed by atoms with E-state index in [-0.39, 0.29) is 10.8 Å². The lowest BCUT2D eigenvalue weighted by molar-refractivity contribution is -0.120. The van der Waals surface area contributed by atoms with Crippen LogP contribution in [-0.2, 0) is 14.8 Å². The highest BCUT2D eigenvalue weighted by molar-refractivity contribution is 14.1. The second kappa shape index (κ2) is 7.62. The van der Waals surface area contributed by atoms with E-state index in [0.29, 0.717) is 0 Å². The molecule has 2 aromatic rings. The van der Waals surface area contributed by atoms with Crippen molar-refractivity contribution < 1.29 is 13.2 Å². The number of amides is 1. The first-order valence-corrected chi connectivity index (χ1v) is 9.94. The van der Waals surface area contributed by atoms with Crippen LogP contribution in [-0.4, -0.2) is 20.4 Å². The normalized spacial score (nSPS) is 13.0. The van der Waals surface area contributed by atoms with Crippen LogP contribution >= 0.6 is 22.6 Å². The highest BCUT2D eigenvalue weighted by Crippen LogP contribution is 2.22. The smallest absolute Gasteiger partial charge is 0.241 e. The number of nitrogens with one attached hydrogen (secondary N) is 1. The number of sulfonamides is 1. The van der Waals surface area contributed by atoms with Crippen molar-refractivity contribution in [1.82, 2.24) is 4.72 Å². The fourth-order valence-electron chi connectivity index (χ4n) is 2.23. The minimum absolute atomic E-state index is 0.101. The minimum Gasteiger partial charge on any atom is -0.368 e. The average Bonchev–Trinajstić information content (AvgIpc) is 2.53. The molecule has 0 aromatic heterocycles. The Balaban J connectivity index is 2.26. The van der Waals surface area contributed by atoms with Crippen molar-refractivity contribution in [1.29, 1.82) is 0 Å². The van der Waals surface area contributed by atoms with Crippen molar-refractivity contribution in [3.05, 3.63) is 52.1 Å². The molecule has 1 unspecified atom stereocenters. The summed E-state index contributed by atoms with van der Waals surface area (Å²) in [4.78, 5) is 11.5. The maximum absolute atomic E-state index is 12.4. The maximum Gasteiger partial charge on any atom is 0.241 e. The van der Waals surface area contributed by atoms with E-state index >= 15 is 0 Å². The Morgan fingerprint density at radius 2 is 1.46 bits per heavy atom. The third-order valence-electron chi connectivity index (χ3n) is 3.60. The number of carbonyl (C=O) groups is 1. The first kappa shape index (κ1) is 18.9. The van der Waals surface area contributed by atoms with Gasteiger partial charge < -0.3 is 5.73 Å². The number of hydrogen-bond donors (Lipinski definition) is 2. The number of benzene rings is 2. The Labute approximate surface area is 155 Å². The largest absolute Gasteiger partial charge is 0.368 e. The summed E-state index contributed by atoms with van der Waals surface area (Å²) in [6.07, 6.45) is 0. The molecule has 2 aromatic carbocycles. The number of halogens is 1. The number of nitrogens with two attached hydrogens (primary N) is 1. The minimum atomic E-state index is -3.81. The Hall–Kier alpha value is -1.45. The van der Waals surface area contributed by atoms with Gasteiger partial charge in [-0.2, -0.15) is 4.72 Å². The van der Waals surface area contributed by atoms with Gasteiger partial charge in [0.1, 0.15) is 6.04 Å². The van der Waals surface area contributed by atoms with Crippen LogP contribution in [0.3, 0.4) is 0 Å². The van der Waals surface area contributed by atoms with Crippen LogP contribution in [0, 0.1) is 9.49 Å². The van der Waals surface area contributed by atoms with Crippen LogP contribution in [0.5, 0.6) is 0 Å². The topological polar surface area (TPSA) is 89.3 Å². The molecule has 7 heteroatoms. The molecule has 0 aliphatic heterocycles. The second-order valence-corrected chi connectivity index (χ2v) is 8.74. The lowest BCUT2D eigenvalue weighted by Crippen LogP contribution is -2.47. The van der Waals surface area contributed by atoms with Crippen LogP contribution in [0.4, 0.5) is 0 Å². The van der Waals surface area contributed by atoms with Crippen LogP contribution in [0.2, 0.25) is 0 Å². The Morgan fingerprint density at radius 3 is 1.88 bits per heavy atom. The van der Waals surface area contributed by atoms with E-state index in [2.05, 4.69) is 27.3 Å². The molecule has 5 nitrogen and oxygen atoms in total. The molecule has 2 rings (SSSR count). The zero-order chi connectivity index (χ0) is 17.9. The van der Waals surface area contributed by atoms with Gasteiger partial charge in [-0.3, -0.25) is 4.79 Å². The quantitative estimate of drug-likeness (QED) is 0.653. The summed E-state index contributed by atoms with van der Waals surface area (Å²) in [5.74, 6) is -0.924. The molecule has 0 aliphatic rings. The molecule has 0 bridgehead atoms. The second-order valence-electron chi connectivity index (χ2n) is 5.78. The first-order chi connectivity index (χ1) is 11.2. The monoisotopic (exact) mass is 458 g/mol. The molecule has 1 amide bonds. The van der Waals surface area contributed by atoms with E-state index < -0.39 is 22.0 Å². The Kier molecular flexibility index (Phi) is 6.00. The summed E-state index contributed by atoms with van der Waals surface area (Å²) >= 11 is 2.23. The molecule has 0 saturated heterocycles. The van der Waals surface area contributed by atoms with Crippen molar-refractivity contribution >= 4 is 38.5 Å². The SMILES string of the molecule is CC(C)C(NS(=O)(=O)c1ccc(-c2ccc(I)cc2)cc1)C(N)=O. The van der Waals surface area contributed by atoms with Crippen LogP contribution in [0.1, 0.15) is 13.8 Å². The Morgan fingerprint density at radius 1 is 1.00 bits per heavy atom. The van der Waals surface area contributed by atoms with Crippen molar-refractivity contribution in [3.63, 3.8) is 0 Å². The van der Waals surface area contributed by atoms with Crippen LogP contribution in [0.25, 0.3) is 11.1 Å². The summed E-state index contributed by atoms with van der Waals surface area (Å²) in [5.41, 5.74) is 7.19. The molecular formula is C17H19IN2O3S. The van der Waals surface area contributed by atoms with Crippen molar-refractivity contribution in [2.75, 3.05) is 0 Å². The van der Waals surface area contributed by atoms with Crippen molar-refractivity contribution in [2.24, 2.45) is 11.7 Å². The fraction of sp³-hybridized carbons (Fsp3) is 0.235. The van der Waals surface area contributed by atoms with Gasteiger partial charge in [-0.05, 0) is 63.9 Å². The number of rotatable bonds is 6. The standard InChI is InChI=1S/C17H19IN2O3S/c1-11(2)16(17(19)21)20-24(22,23)15-9-5-13(6-10-15)12-3-7-14(18)8-4-12/h3-11,16,20H,1-2H3,(H2,19,21). The van der Waals surface area contributed by atoms with E-state index in [9.17, 15) is 13.2 Å². The summed E-state index contributed by atoms with van der Waals surface area (Å²) in [6, 6.07) is 13.5. The molecule has 1 atom stereocenters. The van der Waals surface area contributed by atoms with Gasteiger partial charge in [0.05, 0.1) is 4.90 Å². The van der Waals surface area contributed by atoms with E-state index in [0.717, 1.165) is 14.7 Å². The zero-order valence-corrected chi connectivity index (χ0v) is 16.3. The van der Waals surface area contributed by atoms with Gasteiger partial charge in [0, 0.05) is 3.57 Å². The van der Waals surface area contributed by atoms with E-state index in [1.54, 1.807) is 26.0 Å². The van der Waals surface area contributed by atoms with E-state index in [4.69, 9.17) is 5.73 Å². The van der Waals surface area contributed by atoms with Gasteiger partial charge in [-0.25, -0.2) is 8.42 Å². The first-order valence-electron chi connectivity index (χ1n) is 7.38. The lowest BCUT2D eigenvalue weighted by atomic mass is 10.1. The molecular weight excluding hydrogens is 439 g/mol. The zero-order valence-electron chi connectivity index (χ0n) is 13.4. The molecule has 0 spiro atoms. The molecule has 0 saturated carbocycles. The fourth-order valence-corrected chi connectivity index (χ4v) is 3.94. The lowest BCUT2D eigenvalue weighted by Gasteiger charge is -2.19. The third kappa shape index (κ3) is 4.55. The third-order valence-corrected chi connectivity index (χ3v) is 5.77. The molecule has 0 fully saturated rings. The summed E-state index contributed by atoms with van der Waals surface area (Å²) in [5, 5.41) is 0. The van der Waals surface area contributed by atoms with Crippen molar-refractivity contribution in [3.8, 4) is 11.1 Å². The van der Waals surface area contributed by atoms with E-state index in [1.807, 2.05) is 24.3 Å². The summed E-state index contributed by atoms with van der Waals surface area (Å²) in [7, 11) is -3.81. The number of primary amides is 1. The molecule has 0 heterocycles. The number of carbonyl (C=O) groups excluding carboxylic acids is 1. The number of hydrogen-bond acceptors (Lipinski definition) is 3. The molecule has 0 radical (unpaired) electrons. The van der Waals surface area contributed by atoms with Gasteiger partial charge in [-0.15, -0.1) is 0 Å². The summed E-state index contributed by atoms with van der Waals surface area (Å²) in [6.45, 7) is 3.47. The molecule has 24 heavy (non-hydrogen) atoms. The van der Waals surface area contributed by atoms with Gasteiger partial charge in [0.15, 0.2) is 0 Å². The maximum atomic E-state index is 12.4. The van der Waals surface area contributed by atoms with Gasteiger partial charge in [0.2, 0.25) is 15.9 Å². The van der Waals surface area contributed by atoms with Crippen molar-refractivity contribution in [2.45, 2.75) is 24.8 Å². The molecule has 3 N–H and O–H groups in total.